The molecular weight excluding hydrogens is 589 g/mol. The number of aliphatic hydroxyl groups is 2. The van der Waals surface area contributed by atoms with Crippen molar-refractivity contribution in [2.24, 2.45) is 0 Å². The van der Waals surface area contributed by atoms with Gasteiger partial charge in [0.1, 0.15) is 11.4 Å². The van der Waals surface area contributed by atoms with Gasteiger partial charge >= 0.3 is 0 Å². The average Bonchev–Trinajstić information content (AvgIpc) is 2.98. The van der Waals surface area contributed by atoms with E-state index in [1.807, 2.05) is 24.3 Å². The number of halogens is 2. The Labute approximate surface area is 261 Å². The lowest BCUT2D eigenvalue weighted by Crippen LogP contribution is -2.24. The van der Waals surface area contributed by atoms with Gasteiger partial charge in [0.15, 0.2) is 0 Å². The standard InChI is InChI=1S/C32H35Cl2N5O4/c1-19(40)14-35-16-21-7-10-27(38-17-21)32(42)39-26-6-4-5-24(29(26)33)25-11-12-37-31(30(25)34)22-8-9-23(28(13-22)43-3)18-36-15-20(2)41/h4-13,17,19-20,35-36,40-41H,14-16,18H2,1-3H3,(H,39,42)/t19-,20-/m0/s1. The third-order valence-electron chi connectivity index (χ3n) is 6.57. The number of nitrogens with zero attached hydrogens (tertiary/aromatic N) is 2. The molecule has 11 heteroatoms. The van der Waals surface area contributed by atoms with Gasteiger partial charge in [-0.1, -0.05) is 53.5 Å². The van der Waals surface area contributed by atoms with E-state index in [1.165, 1.54) is 0 Å². The molecule has 0 fully saturated rings. The van der Waals surface area contributed by atoms with E-state index in [0.29, 0.717) is 64.5 Å². The molecule has 43 heavy (non-hydrogen) atoms. The van der Waals surface area contributed by atoms with Gasteiger partial charge in [-0.3, -0.25) is 14.8 Å². The van der Waals surface area contributed by atoms with Crippen LogP contribution in [0.25, 0.3) is 22.4 Å². The number of methoxy groups -OCH3 is 1. The fourth-order valence-electron chi connectivity index (χ4n) is 4.42. The number of anilines is 1. The number of benzene rings is 2. The summed E-state index contributed by atoms with van der Waals surface area (Å²) in [6, 6.07) is 16.3. The minimum absolute atomic E-state index is 0.239. The highest BCUT2D eigenvalue weighted by atomic mass is 35.5. The summed E-state index contributed by atoms with van der Waals surface area (Å²) in [5.74, 6) is 0.262. The van der Waals surface area contributed by atoms with Crippen molar-refractivity contribution >= 4 is 34.8 Å². The van der Waals surface area contributed by atoms with Crippen LogP contribution in [0.5, 0.6) is 5.75 Å². The van der Waals surface area contributed by atoms with Gasteiger partial charge < -0.3 is 30.9 Å². The number of aliphatic hydroxyl groups excluding tert-OH is 2. The monoisotopic (exact) mass is 623 g/mol. The van der Waals surface area contributed by atoms with Crippen LogP contribution in [0, 0.1) is 0 Å². The summed E-state index contributed by atoms with van der Waals surface area (Å²) in [6.45, 7) is 5.42. The van der Waals surface area contributed by atoms with E-state index in [9.17, 15) is 15.0 Å². The summed E-state index contributed by atoms with van der Waals surface area (Å²) in [5, 5.41) is 28.8. The third kappa shape index (κ3) is 8.51. The van der Waals surface area contributed by atoms with Crippen LogP contribution in [-0.4, -0.2) is 58.5 Å². The second-order valence-corrected chi connectivity index (χ2v) is 10.9. The lowest BCUT2D eigenvalue weighted by molar-refractivity contribution is 0.102. The van der Waals surface area contributed by atoms with E-state index in [0.717, 1.165) is 16.7 Å². The van der Waals surface area contributed by atoms with Crippen molar-refractivity contribution in [2.75, 3.05) is 25.5 Å². The number of pyridine rings is 2. The fourth-order valence-corrected chi connectivity index (χ4v) is 5.02. The van der Waals surface area contributed by atoms with Gasteiger partial charge in [-0.2, -0.15) is 0 Å². The fraction of sp³-hybridized carbons (Fsp3) is 0.281. The van der Waals surface area contributed by atoms with Gasteiger partial charge in [-0.25, -0.2) is 0 Å². The molecule has 2 heterocycles. The van der Waals surface area contributed by atoms with Crippen LogP contribution < -0.4 is 20.7 Å². The number of hydrogen-bond acceptors (Lipinski definition) is 8. The Morgan fingerprint density at radius 3 is 2.30 bits per heavy atom. The van der Waals surface area contributed by atoms with Crippen LogP contribution in [0.3, 0.4) is 0 Å². The van der Waals surface area contributed by atoms with Crippen molar-refractivity contribution < 1.29 is 19.7 Å². The number of hydrogen-bond donors (Lipinski definition) is 5. The van der Waals surface area contributed by atoms with E-state index in [2.05, 4.69) is 25.9 Å². The molecule has 2 atom stereocenters. The van der Waals surface area contributed by atoms with E-state index < -0.39 is 18.1 Å². The summed E-state index contributed by atoms with van der Waals surface area (Å²) in [4.78, 5) is 21.8. The molecule has 2 aromatic heterocycles. The maximum absolute atomic E-state index is 13.0. The first kappa shape index (κ1) is 32.3. The molecule has 0 unspecified atom stereocenters. The lowest BCUT2D eigenvalue weighted by Gasteiger charge is -2.15. The van der Waals surface area contributed by atoms with Crippen molar-refractivity contribution in [1.82, 2.24) is 20.6 Å². The number of nitrogens with one attached hydrogen (secondary N) is 3. The third-order valence-corrected chi connectivity index (χ3v) is 7.36. The van der Waals surface area contributed by atoms with Crippen molar-refractivity contribution in [3.8, 4) is 28.1 Å². The largest absolute Gasteiger partial charge is 0.496 e. The van der Waals surface area contributed by atoms with Crippen molar-refractivity contribution in [3.05, 3.63) is 93.9 Å². The van der Waals surface area contributed by atoms with Gasteiger partial charge in [0, 0.05) is 60.8 Å². The SMILES string of the molecule is COc1cc(-c2nccc(-c3cccc(NC(=O)c4ccc(CNC[C@H](C)O)cn4)c3Cl)c2Cl)ccc1CNC[C@H](C)O. The van der Waals surface area contributed by atoms with E-state index in [-0.39, 0.29) is 5.69 Å². The normalized spacial score (nSPS) is 12.5. The highest BCUT2D eigenvalue weighted by Gasteiger charge is 2.18. The van der Waals surface area contributed by atoms with Gasteiger partial charge in [-0.15, -0.1) is 0 Å². The number of carbonyl (C=O) groups excluding carboxylic acids is 1. The molecule has 4 aromatic rings. The highest BCUT2D eigenvalue weighted by molar-refractivity contribution is 6.39. The first-order valence-electron chi connectivity index (χ1n) is 13.8. The molecule has 0 aliphatic heterocycles. The maximum Gasteiger partial charge on any atom is 0.274 e. The number of rotatable bonds is 13. The van der Waals surface area contributed by atoms with Crippen LogP contribution in [0.2, 0.25) is 10.0 Å². The summed E-state index contributed by atoms with van der Waals surface area (Å²) >= 11 is 13.7. The smallest absolute Gasteiger partial charge is 0.274 e. The van der Waals surface area contributed by atoms with Gasteiger partial charge in [0.2, 0.25) is 0 Å². The zero-order valence-corrected chi connectivity index (χ0v) is 25.7. The Morgan fingerprint density at radius 2 is 1.63 bits per heavy atom. The summed E-state index contributed by atoms with van der Waals surface area (Å²) < 4.78 is 5.61. The van der Waals surface area contributed by atoms with E-state index in [1.54, 1.807) is 63.7 Å². The summed E-state index contributed by atoms with van der Waals surface area (Å²) in [7, 11) is 1.60. The first-order chi connectivity index (χ1) is 20.7. The number of carbonyl (C=O) groups is 1. The average molecular weight is 625 g/mol. The van der Waals surface area contributed by atoms with Crippen LogP contribution in [0.1, 0.15) is 35.5 Å². The van der Waals surface area contributed by atoms with E-state index >= 15 is 0 Å². The molecule has 0 spiro atoms. The maximum atomic E-state index is 13.0. The molecule has 0 radical (unpaired) electrons. The van der Waals surface area contributed by atoms with Gasteiger partial charge in [0.25, 0.3) is 5.91 Å². The second kappa shape index (κ2) is 15.2. The predicted molar refractivity (Wildman–Crippen MR) is 171 cm³/mol. The quantitative estimate of drug-likeness (QED) is 0.135. The van der Waals surface area contributed by atoms with E-state index in [4.69, 9.17) is 27.9 Å². The first-order valence-corrected chi connectivity index (χ1v) is 14.6. The molecular formula is C32H35Cl2N5O4. The molecule has 1 amide bonds. The zero-order chi connectivity index (χ0) is 30.9. The molecule has 4 rings (SSSR count). The van der Waals surface area contributed by atoms with Crippen LogP contribution in [-0.2, 0) is 13.1 Å². The van der Waals surface area contributed by atoms with Crippen molar-refractivity contribution in [1.29, 1.82) is 0 Å². The molecule has 5 N–H and O–H groups in total. The topological polar surface area (TPSA) is 129 Å². The molecule has 0 aliphatic carbocycles. The minimum atomic E-state index is -0.451. The number of amides is 1. The molecule has 226 valence electrons. The Hall–Kier alpha value is -3.57. The minimum Gasteiger partial charge on any atom is -0.496 e. The van der Waals surface area contributed by atoms with Gasteiger partial charge in [-0.05, 0) is 43.7 Å². The zero-order valence-electron chi connectivity index (χ0n) is 24.2. The Bertz CT molecular complexity index is 1550. The van der Waals surface area contributed by atoms with Crippen LogP contribution in [0.15, 0.2) is 67.0 Å². The molecule has 9 nitrogen and oxygen atoms in total. The lowest BCUT2D eigenvalue weighted by atomic mass is 10.0. The number of aromatic nitrogens is 2. The summed E-state index contributed by atoms with van der Waals surface area (Å²) in [5.41, 5.74) is 5.08. The Balaban J connectivity index is 1.54. The summed E-state index contributed by atoms with van der Waals surface area (Å²) in [6.07, 6.45) is 2.38. The number of ether oxygens (including phenoxy) is 1. The molecule has 0 aliphatic rings. The predicted octanol–water partition coefficient (Wildman–Crippen LogP) is 5.32. The molecule has 0 saturated carbocycles. The van der Waals surface area contributed by atoms with Crippen molar-refractivity contribution in [3.63, 3.8) is 0 Å². The van der Waals surface area contributed by atoms with Crippen LogP contribution in [0.4, 0.5) is 5.69 Å². The second-order valence-electron chi connectivity index (χ2n) is 10.2. The molecule has 0 bridgehead atoms. The Morgan fingerprint density at radius 1 is 0.907 bits per heavy atom. The van der Waals surface area contributed by atoms with Crippen molar-refractivity contribution in [2.45, 2.75) is 39.1 Å². The molecule has 0 saturated heterocycles. The highest BCUT2D eigenvalue weighted by Crippen LogP contribution is 2.41. The Kier molecular flexibility index (Phi) is 11.5. The van der Waals surface area contributed by atoms with Crippen LogP contribution >= 0.6 is 23.2 Å². The van der Waals surface area contributed by atoms with Gasteiger partial charge in [0.05, 0.1) is 40.7 Å². The molecule has 2 aromatic carbocycles.